The topological polar surface area (TPSA) is 94.9 Å². The van der Waals surface area contributed by atoms with Gasteiger partial charge in [-0.05, 0) is 62.6 Å². The minimum absolute atomic E-state index is 0.332. The number of fused-ring (bicyclic) bond motifs is 1. The number of hydrogen-bond donors (Lipinski definition) is 2. The average molecular weight is 447 g/mol. The number of hydrogen-bond acceptors (Lipinski definition) is 5. The highest BCUT2D eigenvalue weighted by Crippen LogP contribution is 2.33. The number of piperidine rings is 1. The molecule has 1 aromatic heterocycles. The molecule has 3 heterocycles. The fraction of sp³-hybridized carbons (Fsp3) is 0.320. The number of nitrogens with one attached hydrogen (secondary N) is 2. The highest BCUT2D eigenvalue weighted by atomic mass is 16.3. The van der Waals surface area contributed by atoms with Crippen LogP contribution in [0.1, 0.15) is 31.9 Å². The molecule has 0 aliphatic carbocycles. The molecule has 5 rings (SSSR count). The van der Waals surface area contributed by atoms with Crippen molar-refractivity contribution in [3.05, 3.63) is 60.4 Å². The van der Waals surface area contributed by atoms with Gasteiger partial charge < -0.3 is 20.0 Å². The second kappa shape index (κ2) is 8.27. The van der Waals surface area contributed by atoms with Gasteiger partial charge in [-0.25, -0.2) is 4.79 Å². The minimum Gasteiger partial charge on any atom is -0.458 e. The van der Waals surface area contributed by atoms with Crippen LogP contribution in [-0.4, -0.2) is 42.4 Å². The molecule has 2 aliphatic heterocycles. The van der Waals surface area contributed by atoms with E-state index < -0.39 is 23.4 Å². The van der Waals surface area contributed by atoms with Gasteiger partial charge in [0.05, 0.1) is 0 Å². The van der Waals surface area contributed by atoms with Crippen LogP contribution in [0.15, 0.2) is 59.0 Å². The molecule has 2 aliphatic rings. The maximum absolute atomic E-state index is 13.1. The lowest BCUT2D eigenvalue weighted by Gasteiger charge is -2.28. The molecule has 170 valence electrons. The fourth-order valence-corrected chi connectivity index (χ4v) is 4.49. The molecule has 4 amide bonds. The Bertz CT molecular complexity index is 1180. The predicted octanol–water partition coefficient (Wildman–Crippen LogP) is 3.83. The Labute approximate surface area is 191 Å². The third-order valence-electron chi connectivity index (χ3n) is 6.37. The van der Waals surface area contributed by atoms with Crippen LogP contribution in [0.3, 0.4) is 0 Å². The molecule has 2 fully saturated rings. The van der Waals surface area contributed by atoms with E-state index in [9.17, 15) is 14.4 Å². The van der Waals surface area contributed by atoms with Crippen LogP contribution in [0.2, 0.25) is 0 Å². The number of carbonyl (C=O) groups is 3. The summed E-state index contributed by atoms with van der Waals surface area (Å²) < 4.78 is 5.82. The molecule has 33 heavy (non-hydrogen) atoms. The highest BCUT2D eigenvalue weighted by Gasteiger charge is 2.51. The Kier molecular flexibility index (Phi) is 5.28. The van der Waals surface area contributed by atoms with Gasteiger partial charge in [0.2, 0.25) is 5.91 Å². The van der Waals surface area contributed by atoms with Gasteiger partial charge in [-0.15, -0.1) is 0 Å². The van der Waals surface area contributed by atoms with E-state index in [2.05, 4.69) is 15.5 Å². The summed E-state index contributed by atoms with van der Waals surface area (Å²) in [4.78, 5) is 41.6. The molecule has 1 atom stereocenters. The number of nitrogens with zero attached hydrogens (tertiary/aromatic N) is 2. The smallest absolute Gasteiger partial charge is 0.325 e. The Morgan fingerprint density at radius 3 is 2.52 bits per heavy atom. The normalized spacial score (nSPS) is 20.9. The van der Waals surface area contributed by atoms with Crippen molar-refractivity contribution in [2.24, 2.45) is 0 Å². The van der Waals surface area contributed by atoms with Crippen LogP contribution < -0.4 is 15.5 Å². The SMILES string of the molecule is CC1(c2cc3ccccc3o2)NC(=O)N(CC(=O)Nc2ccc(N3CCCCC3)cc2)C1=O. The lowest BCUT2D eigenvalue weighted by atomic mass is 9.99. The summed E-state index contributed by atoms with van der Waals surface area (Å²) in [7, 11) is 0. The second-order valence-corrected chi connectivity index (χ2v) is 8.74. The van der Waals surface area contributed by atoms with Crippen molar-refractivity contribution < 1.29 is 18.8 Å². The molecule has 0 saturated carbocycles. The monoisotopic (exact) mass is 446 g/mol. The first-order valence-electron chi connectivity index (χ1n) is 11.2. The van der Waals surface area contributed by atoms with Gasteiger partial charge in [-0.1, -0.05) is 18.2 Å². The summed E-state index contributed by atoms with van der Waals surface area (Å²) in [6.07, 6.45) is 3.65. The van der Waals surface area contributed by atoms with E-state index in [0.29, 0.717) is 17.0 Å². The van der Waals surface area contributed by atoms with Crippen molar-refractivity contribution in [2.75, 3.05) is 29.9 Å². The Morgan fingerprint density at radius 2 is 1.79 bits per heavy atom. The third kappa shape index (κ3) is 3.92. The Morgan fingerprint density at radius 1 is 1.06 bits per heavy atom. The van der Waals surface area contributed by atoms with E-state index in [1.54, 1.807) is 19.1 Å². The summed E-state index contributed by atoms with van der Waals surface area (Å²) >= 11 is 0. The van der Waals surface area contributed by atoms with Crippen LogP contribution in [0.25, 0.3) is 11.0 Å². The highest BCUT2D eigenvalue weighted by molar-refractivity contribution is 6.10. The zero-order chi connectivity index (χ0) is 23.0. The summed E-state index contributed by atoms with van der Waals surface area (Å²) in [5.41, 5.74) is 1.00. The fourth-order valence-electron chi connectivity index (χ4n) is 4.49. The van der Waals surface area contributed by atoms with Crippen molar-refractivity contribution in [3.63, 3.8) is 0 Å². The van der Waals surface area contributed by atoms with Crippen LogP contribution >= 0.6 is 0 Å². The number of carbonyl (C=O) groups excluding carboxylic acids is 3. The van der Waals surface area contributed by atoms with Crippen LogP contribution in [0.5, 0.6) is 0 Å². The van der Waals surface area contributed by atoms with Gasteiger partial charge in [0.1, 0.15) is 17.9 Å². The zero-order valence-electron chi connectivity index (χ0n) is 18.5. The van der Waals surface area contributed by atoms with E-state index >= 15 is 0 Å². The standard InChI is InChI=1S/C25H26N4O4/c1-25(21-15-17-7-3-4-8-20(17)33-21)23(31)29(24(32)27-25)16-22(30)26-18-9-11-19(12-10-18)28-13-5-2-6-14-28/h3-4,7-12,15H,2,5-6,13-14,16H2,1H3,(H,26,30)(H,27,32). The molecule has 2 N–H and O–H groups in total. The maximum Gasteiger partial charge on any atom is 0.325 e. The molecule has 0 spiro atoms. The number of rotatable bonds is 5. The first-order valence-corrected chi connectivity index (χ1v) is 11.2. The maximum atomic E-state index is 13.1. The molecule has 8 heteroatoms. The molecular formula is C25H26N4O4. The van der Waals surface area contributed by atoms with Crippen LogP contribution in [-0.2, 0) is 15.1 Å². The van der Waals surface area contributed by atoms with Crippen molar-refractivity contribution >= 4 is 40.2 Å². The number of furan rings is 1. The summed E-state index contributed by atoms with van der Waals surface area (Å²) in [6, 6.07) is 16.1. The summed E-state index contributed by atoms with van der Waals surface area (Å²) in [6.45, 7) is 3.29. The van der Waals surface area contributed by atoms with Crippen LogP contribution in [0, 0.1) is 0 Å². The number of imide groups is 1. The van der Waals surface area contributed by atoms with Gasteiger partial charge in [-0.2, -0.15) is 0 Å². The number of anilines is 2. The second-order valence-electron chi connectivity index (χ2n) is 8.74. The van der Waals surface area contributed by atoms with Crippen molar-refractivity contribution in [2.45, 2.75) is 31.7 Å². The van der Waals surface area contributed by atoms with Crippen molar-refractivity contribution in [1.29, 1.82) is 0 Å². The van der Waals surface area contributed by atoms with E-state index in [1.807, 2.05) is 42.5 Å². The number of urea groups is 1. The number of para-hydroxylation sites is 1. The number of amides is 4. The molecule has 2 saturated heterocycles. The van der Waals surface area contributed by atoms with E-state index in [1.165, 1.54) is 19.3 Å². The molecule has 0 radical (unpaired) electrons. The van der Waals surface area contributed by atoms with Gasteiger partial charge in [0.25, 0.3) is 5.91 Å². The first-order chi connectivity index (χ1) is 15.9. The van der Waals surface area contributed by atoms with Gasteiger partial charge in [0, 0.05) is 29.9 Å². The zero-order valence-corrected chi connectivity index (χ0v) is 18.5. The minimum atomic E-state index is -1.37. The number of benzene rings is 2. The summed E-state index contributed by atoms with van der Waals surface area (Å²) in [5.74, 6) is -0.640. The van der Waals surface area contributed by atoms with E-state index in [4.69, 9.17) is 4.42 Å². The Balaban J connectivity index is 1.25. The van der Waals surface area contributed by atoms with Crippen molar-refractivity contribution in [1.82, 2.24) is 10.2 Å². The molecule has 8 nitrogen and oxygen atoms in total. The summed E-state index contributed by atoms with van der Waals surface area (Å²) in [5, 5.41) is 6.29. The third-order valence-corrected chi connectivity index (χ3v) is 6.37. The van der Waals surface area contributed by atoms with Gasteiger partial charge >= 0.3 is 6.03 Å². The molecule has 3 aromatic rings. The van der Waals surface area contributed by atoms with E-state index in [0.717, 1.165) is 29.1 Å². The first kappa shape index (κ1) is 21.1. The lowest BCUT2D eigenvalue weighted by Crippen LogP contribution is -2.41. The van der Waals surface area contributed by atoms with Gasteiger partial charge in [0.15, 0.2) is 5.54 Å². The molecule has 1 unspecified atom stereocenters. The van der Waals surface area contributed by atoms with Crippen molar-refractivity contribution in [3.8, 4) is 0 Å². The van der Waals surface area contributed by atoms with Crippen LogP contribution in [0.4, 0.5) is 16.2 Å². The largest absolute Gasteiger partial charge is 0.458 e. The molecule has 0 bridgehead atoms. The molecular weight excluding hydrogens is 420 g/mol. The Hall–Kier alpha value is -3.81. The average Bonchev–Trinajstić information content (AvgIpc) is 3.36. The van der Waals surface area contributed by atoms with E-state index in [-0.39, 0.29) is 6.54 Å². The molecule has 2 aromatic carbocycles. The quantitative estimate of drug-likeness (QED) is 0.581. The lowest BCUT2D eigenvalue weighted by molar-refractivity contribution is -0.134. The van der Waals surface area contributed by atoms with Gasteiger partial charge in [-0.3, -0.25) is 14.5 Å². The predicted molar refractivity (Wildman–Crippen MR) is 125 cm³/mol.